The van der Waals surface area contributed by atoms with E-state index in [0.29, 0.717) is 10.3 Å². The third-order valence-corrected chi connectivity index (χ3v) is 6.48. The summed E-state index contributed by atoms with van der Waals surface area (Å²) >= 11 is 3.47. The lowest BCUT2D eigenvalue weighted by molar-refractivity contribution is -0.144. The van der Waals surface area contributed by atoms with Crippen LogP contribution in [0.2, 0.25) is 0 Å². The third kappa shape index (κ3) is 5.07. The lowest BCUT2D eigenvalue weighted by atomic mass is 9.86. The molecular formula is C18H23BrN2O3S2. The lowest BCUT2D eigenvalue weighted by Crippen LogP contribution is -2.53. The molecule has 2 heterocycles. The highest BCUT2D eigenvalue weighted by Crippen LogP contribution is 2.36. The maximum absolute atomic E-state index is 13.0. The van der Waals surface area contributed by atoms with Crippen molar-refractivity contribution >= 4 is 44.6 Å². The van der Waals surface area contributed by atoms with E-state index < -0.39 is 21.6 Å². The van der Waals surface area contributed by atoms with Gasteiger partial charge >= 0.3 is 5.97 Å². The Bertz CT molecular complexity index is 734. The molecule has 2 unspecified atom stereocenters. The number of esters is 1. The Morgan fingerprint density at radius 2 is 2.12 bits per heavy atom. The first-order valence-corrected chi connectivity index (χ1v) is 11.1. The van der Waals surface area contributed by atoms with Crippen LogP contribution in [0, 0.1) is 0 Å². The van der Waals surface area contributed by atoms with Crippen molar-refractivity contribution in [1.29, 1.82) is 0 Å². The molecule has 0 bridgehead atoms. The number of nitrogens with zero attached hydrogens (tertiary/aromatic N) is 1. The Labute approximate surface area is 170 Å². The second-order valence-corrected chi connectivity index (χ2v) is 10.3. The fourth-order valence-corrected chi connectivity index (χ4v) is 4.37. The summed E-state index contributed by atoms with van der Waals surface area (Å²) in [5.41, 5.74) is 0.392. The van der Waals surface area contributed by atoms with Crippen LogP contribution in [0.25, 0.3) is 0 Å². The summed E-state index contributed by atoms with van der Waals surface area (Å²) in [7, 11) is 0. The summed E-state index contributed by atoms with van der Waals surface area (Å²) in [6.45, 7) is 7.70. The van der Waals surface area contributed by atoms with E-state index in [1.165, 1.54) is 11.3 Å². The second-order valence-electron chi connectivity index (χ2n) is 6.73. The van der Waals surface area contributed by atoms with Gasteiger partial charge in [0.25, 0.3) is 0 Å². The molecule has 2 rings (SSSR count). The number of hydrogen-bond acceptors (Lipinski definition) is 6. The van der Waals surface area contributed by atoms with Crippen molar-refractivity contribution in [3.8, 4) is 0 Å². The van der Waals surface area contributed by atoms with Crippen LogP contribution in [0.5, 0.6) is 0 Å². The molecule has 0 saturated heterocycles. The van der Waals surface area contributed by atoms with Crippen molar-refractivity contribution in [3.63, 3.8) is 0 Å². The SMILES string of the molecule is CCOC(=O)CC(N[S+]([O-])C(C)(C)C)(c1ccsc1)c1cccc(Br)n1. The Kier molecular flexibility index (Phi) is 7.27. The predicted octanol–water partition coefficient (Wildman–Crippen LogP) is 4.15. The maximum Gasteiger partial charge on any atom is 0.308 e. The zero-order valence-corrected chi connectivity index (χ0v) is 18.5. The standard InChI is InChI=1S/C18H23BrN2O3S2/c1-5-24-16(22)11-18(13-9-10-25-12-13,21-26(23)17(2,3)4)14-7-6-8-15(19)20-14/h6-10,12,21H,5,11H2,1-4H3. The van der Waals surface area contributed by atoms with E-state index >= 15 is 0 Å². The molecule has 0 amide bonds. The molecule has 26 heavy (non-hydrogen) atoms. The summed E-state index contributed by atoms with van der Waals surface area (Å²) in [5, 5.41) is 3.86. The summed E-state index contributed by atoms with van der Waals surface area (Å²) < 4.78 is 21.5. The predicted molar refractivity (Wildman–Crippen MR) is 109 cm³/mol. The van der Waals surface area contributed by atoms with Crippen LogP contribution in [0.15, 0.2) is 39.6 Å². The molecule has 2 aromatic rings. The topological polar surface area (TPSA) is 74.3 Å². The molecule has 0 spiro atoms. The van der Waals surface area contributed by atoms with Gasteiger partial charge in [-0.3, -0.25) is 4.79 Å². The van der Waals surface area contributed by atoms with Crippen molar-refractivity contribution in [1.82, 2.24) is 9.71 Å². The minimum atomic E-state index is -1.43. The molecule has 142 valence electrons. The Hall–Kier alpha value is -0.930. The first-order chi connectivity index (χ1) is 12.2. The van der Waals surface area contributed by atoms with E-state index in [4.69, 9.17) is 4.74 Å². The Balaban J connectivity index is 2.60. The van der Waals surface area contributed by atoms with Gasteiger partial charge in [-0.2, -0.15) is 11.3 Å². The average Bonchev–Trinajstić information content (AvgIpc) is 3.08. The van der Waals surface area contributed by atoms with Gasteiger partial charge in [-0.25, -0.2) is 4.98 Å². The molecule has 0 fully saturated rings. The van der Waals surface area contributed by atoms with Gasteiger partial charge in [-0.05, 0) is 78.1 Å². The number of carbonyl (C=O) groups excluding carboxylic acids is 1. The zero-order valence-electron chi connectivity index (χ0n) is 15.2. The van der Waals surface area contributed by atoms with Gasteiger partial charge in [0.05, 0.1) is 18.7 Å². The Morgan fingerprint density at radius 3 is 2.65 bits per heavy atom. The van der Waals surface area contributed by atoms with Gasteiger partial charge in [0.2, 0.25) is 0 Å². The molecule has 1 N–H and O–H groups in total. The summed E-state index contributed by atoms with van der Waals surface area (Å²) in [4.78, 5) is 17.0. The van der Waals surface area contributed by atoms with Crippen molar-refractivity contribution in [2.45, 2.75) is 44.4 Å². The number of rotatable bonds is 7. The monoisotopic (exact) mass is 458 g/mol. The van der Waals surface area contributed by atoms with Crippen molar-refractivity contribution in [2.24, 2.45) is 0 Å². The van der Waals surface area contributed by atoms with E-state index in [2.05, 4.69) is 25.6 Å². The Morgan fingerprint density at radius 1 is 1.38 bits per heavy atom. The fourth-order valence-electron chi connectivity index (χ4n) is 2.38. The number of carbonyl (C=O) groups is 1. The highest BCUT2D eigenvalue weighted by molar-refractivity contribution is 9.10. The van der Waals surface area contributed by atoms with Gasteiger partial charge in [0.1, 0.15) is 14.9 Å². The molecule has 0 saturated carbocycles. The van der Waals surface area contributed by atoms with Crippen molar-refractivity contribution < 1.29 is 14.1 Å². The zero-order chi connectivity index (χ0) is 19.4. The first-order valence-electron chi connectivity index (χ1n) is 8.20. The van der Waals surface area contributed by atoms with Gasteiger partial charge in [-0.1, -0.05) is 6.07 Å². The molecule has 2 aromatic heterocycles. The van der Waals surface area contributed by atoms with Crippen LogP contribution < -0.4 is 4.72 Å². The second kappa shape index (κ2) is 8.84. The van der Waals surface area contributed by atoms with Crippen LogP contribution in [-0.4, -0.2) is 26.9 Å². The normalized spacial score (nSPS) is 15.3. The van der Waals surface area contributed by atoms with E-state index in [0.717, 1.165) is 5.56 Å². The van der Waals surface area contributed by atoms with Gasteiger partial charge in [0, 0.05) is 11.4 Å². The molecule has 0 aliphatic carbocycles. The minimum Gasteiger partial charge on any atom is -0.598 e. The number of thiophene rings is 1. The molecule has 8 heteroatoms. The van der Waals surface area contributed by atoms with E-state index in [9.17, 15) is 9.35 Å². The number of hydrogen-bond donors (Lipinski definition) is 1. The molecule has 0 radical (unpaired) electrons. The van der Waals surface area contributed by atoms with Crippen molar-refractivity contribution in [2.75, 3.05) is 6.61 Å². The number of pyridine rings is 1. The number of halogens is 1. The largest absolute Gasteiger partial charge is 0.598 e. The highest BCUT2D eigenvalue weighted by atomic mass is 79.9. The number of aromatic nitrogens is 1. The van der Waals surface area contributed by atoms with E-state index in [1.807, 2.05) is 55.8 Å². The number of nitrogens with one attached hydrogen (secondary N) is 1. The van der Waals surface area contributed by atoms with Crippen LogP contribution in [0.4, 0.5) is 0 Å². The van der Waals surface area contributed by atoms with Gasteiger partial charge < -0.3 is 9.29 Å². The molecular weight excluding hydrogens is 436 g/mol. The molecule has 0 aliphatic rings. The van der Waals surface area contributed by atoms with Gasteiger partial charge in [-0.15, -0.1) is 4.72 Å². The highest BCUT2D eigenvalue weighted by Gasteiger charge is 2.45. The van der Waals surface area contributed by atoms with Crippen LogP contribution in [-0.2, 0) is 26.4 Å². The summed E-state index contributed by atoms with van der Waals surface area (Å²) in [6, 6.07) is 7.40. The average molecular weight is 459 g/mol. The van der Waals surface area contributed by atoms with Gasteiger partial charge in [0.15, 0.2) is 0 Å². The molecule has 0 aromatic carbocycles. The maximum atomic E-state index is 13.0. The first kappa shape index (κ1) is 21.4. The van der Waals surface area contributed by atoms with Crippen LogP contribution in [0.1, 0.15) is 45.4 Å². The van der Waals surface area contributed by atoms with E-state index in [-0.39, 0.29) is 19.0 Å². The summed E-state index contributed by atoms with van der Waals surface area (Å²) in [6.07, 6.45) is -0.0111. The fraction of sp³-hybridized carbons (Fsp3) is 0.444. The molecule has 0 aliphatic heterocycles. The molecule has 5 nitrogen and oxygen atoms in total. The lowest BCUT2D eigenvalue weighted by Gasteiger charge is -2.36. The quantitative estimate of drug-likeness (QED) is 0.383. The van der Waals surface area contributed by atoms with Crippen molar-refractivity contribution in [3.05, 3.63) is 50.9 Å². The summed E-state index contributed by atoms with van der Waals surface area (Å²) in [5.74, 6) is -0.376. The molecule has 2 atom stereocenters. The van der Waals surface area contributed by atoms with Crippen LogP contribution >= 0.6 is 27.3 Å². The van der Waals surface area contributed by atoms with Crippen LogP contribution in [0.3, 0.4) is 0 Å². The number of ether oxygens (including phenoxy) is 1. The smallest absolute Gasteiger partial charge is 0.308 e. The minimum absolute atomic E-state index is 0.0111. The van der Waals surface area contributed by atoms with E-state index in [1.54, 1.807) is 6.92 Å². The third-order valence-electron chi connectivity index (χ3n) is 3.70.